The Morgan fingerprint density at radius 1 is 0.897 bits per heavy atom. The molecule has 1 aliphatic rings. The van der Waals surface area contributed by atoms with E-state index in [-0.39, 0.29) is 30.2 Å². The molecule has 8 heteroatoms. The van der Waals surface area contributed by atoms with Crippen LogP contribution in [0.15, 0.2) is 67.0 Å². The maximum Gasteiger partial charge on any atom is 0.267 e. The Balaban J connectivity index is 1.60. The summed E-state index contributed by atoms with van der Waals surface area (Å²) in [6.07, 6.45) is 2.53. The topological polar surface area (TPSA) is 104 Å². The summed E-state index contributed by atoms with van der Waals surface area (Å²) in [4.78, 5) is 40.5. The third-order valence-corrected chi connectivity index (χ3v) is 4.61. The van der Waals surface area contributed by atoms with Crippen LogP contribution in [0.1, 0.15) is 31.1 Å². The van der Waals surface area contributed by atoms with Gasteiger partial charge in [0.1, 0.15) is 0 Å². The van der Waals surface area contributed by atoms with Crippen molar-refractivity contribution in [3.8, 4) is 0 Å². The molecule has 2 aromatic carbocycles. The van der Waals surface area contributed by atoms with Crippen molar-refractivity contribution < 1.29 is 19.5 Å². The van der Waals surface area contributed by atoms with Gasteiger partial charge in [-0.05, 0) is 36.4 Å². The molecule has 1 aliphatic heterocycles. The average molecular weight is 388 g/mol. The van der Waals surface area contributed by atoms with Gasteiger partial charge < -0.3 is 10.0 Å². The number of para-hydroxylation sites is 1. The van der Waals surface area contributed by atoms with Gasteiger partial charge in [0.25, 0.3) is 17.7 Å². The molecule has 4 rings (SSSR count). The highest BCUT2D eigenvalue weighted by Gasteiger charge is 2.37. The second-order valence-electron chi connectivity index (χ2n) is 6.33. The zero-order valence-electron chi connectivity index (χ0n) is 15.2. The quantitative estimate of drug-likeness (QED) is 0.670. The number of benzene rings is 2. The number of fused-ring (bicyclic) bond motifs is 1. The van der Waals surface area contributed by atoms with E-state index < -0.39 is 11.8 Å². The molecule has 0 radical (unpaired) electrons. The van der Waals surface area contributed by atoms with Crippen molar-refractivity contribution in [2.45, 2.75) is 0 Å². The van der Waals surface area contributed by atoms with Crippen LogP contribution in [0.25, 0.3) is 0 Å². The first-order chi connectivity index (χ1) is 14.1. The van der Waals surface area contributed by atoms with Crippen LogP contribution in [-0.4, -0.2) is 46.2 Å². The van der Waals surface area contributed by atoms with Crippen molar-refractivity contribution in [2.24, 2.45) is 0 Å². The van der Waals surface area contributed by atoms with E-state index in [1.54, 1.807) is 24.3 Å². The number of imide groups is 1. The summed E-state index contributed by atoms with van der Waals surface area (Å²) in [7, 11) is 0. The van der Waals surface area contributed by atoms with Gasteiger partial charge >= 0.3 is 0 Å². The van der Waals surface area contributed by atoms with Gasteiger partial charge in [-0.15, -0.1) is 0 Å². The third-order valence-electron chi connectivity index (χ3n) is 4.61. The maximum absolute atomic E-state index is 12.9. The lowest BCUT2D eigenvalue weighted by Gasteiger charge is -2.22. The maximum atomic E-state index is 12.9. The second kappa shape index (κ2) is 7.61. The molecule has 0 aliphatic carbocycles. The molecular weight excluding hydrogens is 372 g/mol. The minimum atomic E-state index is -0.481. The number of carbonyl (C=O) groups excluding carboxylic acids is 3. The Morgan fingerprint density at radius 3 is 2.03 bits per heavy atom. The van der Waals surface area contributed by atoms with Crippen molar-refractivity contribution in [1.29, 1.82) is 0 Å². The molecule has 144 valence electrons. The molecule has 0 unspecified atom stereocenters. The molecule has 0 saturated heterocycles. The highest BCUT2D eigenvalue weighted by atomic mass is 16.3. The first-order valence-electron chi connectivity index (χ1n) is 8.89. The number of aromatic nitrogens is 2. The summed E-state index contributed by atoms with van der Waals surface area (Å²) in [6.45, 7) is -0.0428. The van der Waals surface area contributed by atoms with Crippen LogP contribution in [0, 0.1) is 0 Å². The molecule has 2 heterocycles. The van der Waals surface area contributed by atoms with E-state index >= 15 is 0 Å². The molecular formula is C21H16N4O4. The Labute approximate surface area is 166 Å². The first kappa shape index (κ1) is 18.5. The number of hydrogen-bond acceptors (Lipinski definition) is 6. The van der Waals surface area contributed by atoms with Crippen LogP contribution in [0.3, 0.4) is 0 Å². The first-order valence-corrected chi connectivity index (χ1v) is 8.89. The molecule has 8 nitrogen and oxygen atoms in total. The molecule has 3 amide bonds. The van der Waals surface area contributed by atoms with Crippen LogP contribution in [0.2, 0.25) is 0 Å². The monoisotopic (exact) mass is 388 g/mol. The number of aliphatic hydroxyl groups excluding tert-OH is 1. The summed E-state index contributed by atoms with van der Waals surface area (Å²) in [6, 6.07) is 15.2. The molecule has 0 fully saturated rings. The van der Waals surface area contributed by atoms with Gasteiger partial charge in [0, 0.05) is 17.8 Å². The molecule has 0 spiro atoms. The lowest BCUT2D eigenvalue weighted by molar-refractivity contribution is 0.0924. The van der Waals surface area contributed by atoms with Gasteiger partial charge in [0.15, 0.2) is 0 Å². The van der Waals surface area contributed by atoms with Gasteiger partial charge in [0.05, 0.1) is 35.8 Å². The predicted molar refractivity (Wildman–Crippen MR) is 105 cm³/mol. The summed E-state index contributed by atoms with van der Waals surface area (Å²) >= 11 is 0. The largest absolute Gasteiger partial charge is 0.395 e. The van der Waals surface area contributed by atoms with Crippen LogP contribution in [0.4, 0.5) is 11.4 Å². The average Bonchev–Trinajstić information content (AvgIpc) is 3.03. The zero-order valence-corrected chi connectivity index (χ0v) is 15.2. The molecule has 0 bridgehead atoms. The second-order valence-corrected chi connectivity index (χ2v) is 6.33. The zero-order chi connectivity index (χ0) is 20.4. The van der Waals surface area contributed by atoms with E-state index in [2.05, 4.69) is 10.2 Å². The lowest BCUT2D eigenvalue weighted by atomic mass is 10.1. The standard InChI is InChI=1S/C21H16N4O4/c26-11-10-24(15-4-2-1-3-5-15)19(27)14-6-8-16(9-7-14)25-20(28)17-12-22-23-13-18(17)21(25)29/h1-9,12-13,26H,10-11H2. The van der Waals surface area contributed by atoms with Crippen molar-refractivity contribution in [3.05, 3.63) is 83.7 Å². The summed E-state index contributed by atoms with van der Waals surface area (Å²) in [5.41, 5.74) is 1.77. The number of nitrogens with zero attached hydrogens (tertiary/aromatic N) is 4. The van der Waals surface area contributed by atoms with Crippen LogP contribution in [-0.2, 0) is 0 Å². The SMILES string of the molecule is O=C(c1ccc(N2C(=O)c3cnncc3C2=O)cc1)N(CCO)c1ccccc1. The fraction of sp³-hybridized carbons (Fsp3) is 0.0952. The third kappa shape index (κ3) is 3.26. The number of aliphatic hydroxyl groups is 1. The fourth-order valence-electron chi connectivity index (χ4n) is 3.19. The Morgan fingerprint density at radius 2 is 1.48 bits per heavy atom. The minimum Gasteiger partial charge on any atom is -0.395 e. The number of anilines is 2. The Bertz CT molecular complexity index is 1050. The smallest absolute Gasteiger partial charge is 0.267 e. The summed E-state index contributed by atoms with van der Waals surface area (Å²) < 4.78 is 0. The van der Waals surface area contributed by atoms with Gasteiger partial charge in [-0.25, -0.2) is 4.90 Å². The molecule has 29 heavy (non-hydrogen) atoms. The van der Waals surface area contributed by atoms with Crippen LogP contribution < -0.4 is 9.80 Å². The molecule has 1 aromatic heterocycles. The van der Waals surface area contributed by atoms with E-state index in [0.717, 1.165) is 4.90 Å². The molecule has 0 atom stereocenters. The van der Waals surface area contributed by atoms with E-state index in [9.17, 15) is 19.5 Å². The van der Waals surface area contributed by atoms with Crippen LogP contribution in [0.5, 0.6) is 0 Å². The van der Waals surface area contributed by atoms with E-state index in [1.165, 1.54) is 29.4 Å². The van der Waals surface area contributed by atoms with Crippen molar-refractivity contribution in [2.75, 3.05) is 23.0 Å². The van der Waals surface area contributed by atoms with Crippen molar-refractivity contribution >= 4 is 29.1 Å². The number of hydrogen-bond donors (Lipinski definition) is 1. The predicted octanol–water partition coefficient (Wildman–Crippen LogP) is 1.92. The minimum absolute atomic E-state index is 0.142. The van der Waals surface area contributed by atoms with Gasteiger partial charge in [-0.3, -0.25) is 14.4 Å². The summed E-state index contributed by atoms with van der Waals surface area (Å²) in [5, 5.41) is 16.6. The molecule has 3 aromatic rings. The number of rotatable bonds is 5. The van der Waals surface area contributed by atoms with Crippen LogP contribution >= 0.6 is 0 Å². The van der Waals surface area contributed by atoms with Gasteiger partial charge in [-0.2, -0.15) is 10.2 Å². The molecule has 0 saturated carbocycles. The van der Waals surface area contributed by atoms with E-state index in [4.69, 9.17) is 0 Å². The highest BCUT2D eigenvalue weighted by Crippen LogP contribution is 2.28. The summed E-state index contributed by atoms with van der Waals surface area (Å²) in [5.74, 6) is -1.26. The Kier molecular flexibility index (Phi) is 4.84. The number of amides is 3. The highest BCUT2D eigenvalue weighted by molar-refractivity contribution is 6.34. The van der Waals surface area contributed by atoms with Gasteiger partial charge in [0.2, 0.25) is 0 Å². The normalized spacial score (nSPS) is 12.8. The molecule has 1 N–H and O–H groups in total. The number of carbonyl (C=O) groups is 3. The van der Waals surface area contributed by atoms with Crippen molar-refractivity contribution in [3.63, 3.8) is 0 Å². The van der Waals surface area contributed by atoms with Gasteiger partial charge in [-0.1, -0.05) is 18.2 Å². The fourth-order valence-corrected chi connectivity index (χ4v) is 3.19. The van der Waals surface area contributed by atoms with E-state index in [1.807, 2.05) is 18.2 Å². The van der Waals surface area contributed by atoms with Crippen molar-refractivity contribution in [1.82, 2.24) is 10.2 Å². The lowest BCUT2D eigenvalue weighted by Crippen LogP contribution is -2.33. The Hall–Kier alpha value is -3.91. The van der Waals surface area contributed by atoms with E-state index in [0.29, 0.717) is 16.9 Å².